The van der Waals surface area contributed by atoms with Gasteiger partial charge in [0.05, 0.1) is 11.3 Å². The summed E-state index contributed by atoms with van der Waals surface area (Å²) >= 11 is 0. The summed E-state index contributed by atoms with van der Waals surface area (Å²) in [6.07, 6.45) is -0.363. The van der Waals surface area contributed by atoms with Gasteiger partial charge in [0.15, 0.2) is 0 Å². The molecule has 1 amide bonds. The lowest BCUT2D eigenvalue weighted by atomic mass is 10.1. The summed E-state index contributed by atoms with van der Waals surface area (Å²) in [5.74, 6) is -1.80. The van der Waals surface area contributed by atoms with E-state index in [0.717, 1.165) is 5.56 Å². The van der Waals surface area contributed by atoms with Crippen LogP contribution in [-0.2, 0) is 9.59 Å². The van der Waals surface area contributed by atoms with E-state index >= 15 is 0 Å². The molecule has 0 radical (unpaired) electrons. The van der Waals surface area contributed by atoms with Gasteiger partial charge in [-0.15, -0.1) is 0 Å². The number of benzene rings is 2. The van der Waals surface area contributed by atoms with Crippen molar-refractivity contribution in [1.82, 2.24) is 5.32 Å². The number of carbonyl (C=O) groups excluding carboxylic acids is 1. The van der Waals surface area contributed by atoms with Gasteiger partial charge in [-0.3, -0.25) is 25.0 Å². The fourth-order valence-electron chi connectivity index (χ4n) is 2.48. The number of carboxylic acids is 1. The van der Waals surface area contributed by atoms with Crippen molar-refractivity contribution in [3.63, 3.8) is 0 Å². The van der Waals surface area contributed by atoms with Gasteiger partial charge in [0.2, 0.25) is 5.91 Å². The normalized spacial score (nSPS) is 12.8. The Bertz CT molecular complexity index is 794. The predicted octanol–water partition coefficient (Wildman–Crippen LogP) is 2.73. The molecule has 2 unspecified atom stereocenters. The predicted molar refractivity (Wildman–Crippen MR) is 95.8 cm³/mol. The van der Waals surface area contributed by atoms with E-state index in [1.807, 2.05) is 30.3 Å². The second kappa shape index (κ2) is 8.72. The Kier molecular flexibility index (Phi) is 6.40. The topological polar surface area (TPSA) is 122 Å². The van der Waals surface area contributed by atoms with Crippen LogP contribution in [0.2, 0.25) is 0 Å². The Hall–Kier alpha value is -3.26. The zero-order chi connectivity index (χ0) is 19.1. The molecule has 2 aromatic rings. The lowest BCUT2D eigenvalue weighted by molar-refractivity contribution is -0.383. The summed E-state index contributed by atoms with van der Waals surface area (Å²) < 4.78 is 0. The zero-order valence-corrected chi connectivity index (χ0v) is 14.1. The Labute approximate surface area is 150 Å². The van der Waals surface area contributed by atoms with Crippen molar-refractivity contribution in [3.05, 3.63) is 70.3 Å². The third kappa shape index (κ3) is 5.12. The Morgan fingerprint density at radius 1 is 1.12 bits per heavy atom. The number of rotatable bonds is 8. The molecule has 2 aromatic carbocycles. The van der Waals surface area contributed by atoms with Gasteiger partial charge in [0, 0.05) is 12.1 Å². The molecule has 0 fully saturated rings. The van der Waals surface area contributed by atoms with E-state index < -0.39 is 22.8 Å². The minimum atomic E-state index is -1.18. The molecule has 0 aliphatic carbocycles. The number of aliphatic carboxylic acids is 1. The molecule has 26 heavy (non-hydrogen) atoms. The molecule has 2 rings (SSSR count). The summed E-state index contributed by atoms with van der Waals surface area (Å²) in [6.45, 7) is 1.80. The SMILES string of the molecule is CC(NC(CC(=O)Nc1ccccc1[N+](=O)[O-])C(=O)O)c1ccccc1. The molecular weight excluding hydrogens is 338 g/mol. The summed E-state index contributed by atoms with van der Waals surface area (Å²) in [5.41, 5.74) is 0.666. The molecule has 0 aromatic heterocycles. The highest BCUT2D eigenvalue weighted by Crippen LogP contribution is 2.23. The molecule has 0 heterocycles. The lowest BCUT2D eigenvalue weighted by Crippen LogP contribution is -2.41. The molecular formula is C18H19N3O5. The first-order chi connectivity index (χ1) is 12.4. The van der Waals surface area contributed by atoms with Crippen molar-refractivity contribution < 1.29 is 19.6 Å². The first-order valence-corrected chi connectivity index (χ1v) is 7.95. The van der Waals surface area contributed by atoms with E-state index in [1.54, 1.807) is 13.0 Å². The molecule has 0 bridgehead atoms. The maximum absolute atomic E-state index is 12.2. The van der Waals surface area contributed by atoms with E-state index in [-0.39, 0.29) is 23.8 Å². The van der Waals surface area contributed by atoms with Crippen molar-refractivity contribution in [3.8, 4) is 0 Å². The maximum atomic E-state index is 12.2. The summed E-state index contributed by atoms with van der Waals surface area (Å²) in [4.78, 5) is 34.0. The van der Waals surface area contributed by atoms with E-state index in [4.69, 9.17) is 0 Å². The molecule has 0 spiro atoms. The second-order valence-electron chi connectivity index (χ2n) is 5.72. The number of carboxylic acid groups (broad SMARTS) is 1. The van der Waals surface area contributed by atoms with Crippen LogP contribution >= 0.6 is 0 Å². The van der Waals surface area contributed by atoms with Crippen LogP contribution in [0, 0.1) is 10.1 Å². The molecule has 0 saturated carbocycles. The summed E-state index contributed by atoms with van der Waals surface area (Å²) in [5, 5.41) is 25.7. The van der Waals surface area contributed by atoms with Gasteiger partial charge >= 0.3 is 5.97 Å². The van der Waals surface area contributed by atoms with E-state index in [0.29, 0.717) is 0 Å². The molecule has 3 N–H and O–H groups in total. The van der Waals surface area contributed by atoms with Crippen LogP contribution in [0.25, 0.3) is 0 Å². The number of anilines is 1. The monoisotopic (exact) mass is 357 g/mol. The fraction of sp³-hybridized carbons (Fsp3) is 0.222. The summed E-state index contributed by atoms with van der Waals surface area (Å²) in [7, 11) is 0. The van der Waals surface area contributed by atoms with Crippen molar-refractivity contribution in [2.45, 2.75) is 25.4 Å². The number of nitrogens with one attached hydrogen (secondary N) is 2. The average molecular weight is 357 g/mol. The van der Waals surface area contributed by atoms with Gasteiger partial charge in [-0.05, 0) is 18.6 Å². The number of carbonyl (C=O) groups is 2. The van der Waals surface area contributed by atoms with Crippen molar-refractivity contribution in [2.75, 3.05) is 5.32 Å². The lowest BCUT2D eigenvalue weighted by Gasteiger charge is -2.20. The van der Waals surface area contributed by atoms with Crippen molar-refractivity contribution >= 4 is 23.3 Å². The van der Waals surface area contributed by atoms with Crippen LogP contribution in [-0.4, -0.2) is 27.9 Å². The van der Waals surface area contributed by atoms with Gasteiger partial charge in [0.25, 0.3) is 5.69 Å². The molecule has 8 heteroatoms. The van der Waals surface area contributed by atoms with E-state index in [9.17, 15) is 24.8 Å². The van der Waals surface area contributed by atoms with Crippen LogP contribution < -0.4 is 10.6 Å². The first kappa shape index (κ1) is 19.1. The minimum absolute atomic E-state index is 0.0303. The average Bonchev–Trinajstić information content (AvgIpc) is 2.62. The third-order valence-corrected chi connectivity index (χ3v) is 3.81. The van der Waals surface area contributed by atoms with Crippen LogP contribution in [0.4, 0.5) is 11.4 Å². The highest BCUT2D eigenvalue weighted by Gasteiger charge is 2.24. The smallest absolute Gasteiger partial charge is 0.321 e. The fourth-order valence-corrected chi connectivity index (χ4v) is 2.48. The number of hydrogen-bond acceptors (Lipinski definition) is 5. The summed E-state index contributed by atoms with van der Waals surface area (Å²) in [6, 6.07) is 13.5. The minimum Gasteiger partial charge on any atom is -0.480 e. The molecule has 2 atom stereocenters. The van der Waals surface area contributed by atoms with Gasteiger partial charge in [-0.25, -0.2) is 0 Å². The molecule has 0 saturated heterocycles. The van der Waals surface area contributed by atoms with Crippen molar-refractivity contribution in [1.29, 1.82) is 0 Å². The standard InChI is InChI=1S/C18H19N3O5/c1-12(13-7-3-2-4-8-13)19-15(18(23)24)11-17(22)20-14-9-5-6-10-16(14)21(25)26/h2-10,12,15,19H,11H2,1H3,(H,20,22)(H,23,24). The Balaban J connectivity index is 2.05. The van der Waals surface area contributed by atoms with Crippen LogP contribution in [0.1, 0.15) is 24.9 Å². The van der Waals surface area contributed by atoms with Crippen molar-refractivity contribution in [2.24, 2.45) is 0 Å². The van der Waals surface area contributed by atoms with Crippen LogP contribution in [0.3, 0.4) is 0 Å². The number of nitro groups is 1. The number of hydrogen-bond donors (Lipinski definition) is 3. The largest absolute Gasteiger partial charge is 0.480 e. The molecule has 0 aliphatic rings. The Morgan fingerprint density at radius 2 is 1.73 bits per heavy atom. The third-order valence-electron chi connectivity index (χ3n) is 3.81. The highest BCUT2D eigenvalue weighted by atomic mass is 16.6. The molecule has 0 aliphatic heterocycles. The number of nitro benzene ring substituents is 1. The van der Waals surface area contributed by atoms with Gasteiger partial charge in [-0.2, -0.15) is 0 Å². The zero-order valence-electron chi connectivity index (χ0n) is 14.1. The molecule has 8 nitrogen and oxygen atoms in total. The number of nitrogens with zero attached hydrogens (tertiary/aromatic N) is 1. The van der Waals surface area contributed by atoms with Gasteiger partial charge in [0.1, 0.15) is 11.7 Å². The molecule has 136 valence electrons. The van der Waals surface area contributed by atoms with E-state index in [2.05, 4.69) is 10.6 Å². The maximum Gasteiger partial charge on any atom is 0.321 e. The number of amides is 1. The Morgan fingerprint density at radius 3 is 2.35 bits per heavy atom. The highest BCUT2D eigenvalue weighted by molar-refractivity contribution is 5.95. The quantitative estimate of drug-likeness (QED) is 0.493. The first-order valence-electron chi connectivity index (χ1n) is 7.95. The van der Waals surface area contributed by atoms with E-state index in [1.165, 1.54) is 18.2 Å². The number of para-hydroxylation sites is 2. The second-order valence-corrected chi connectivity index (χ2v) is 5.72. The van der Waals surface area contributed by atoms with Crippen LogP contribution in [0.5, 0.6) is 0 Å². The van der Waals surface area contributed by atoms with Crippen LogP contribution in [0.15, 0.2) is 54.6 Å². The van der Waals surface area contributed by atoms with Gasteiger partial charge < -0.3 is 10.4 Å². The van der Waals surface area contributed by atoms with Gasteiger partial charge in [-0.1, -0.05) is 42.5 Å².